The minimum atomic E-state index is -1.68. The second-order valence-electron chi connectivity index (χ2n) is 22.6. The van der Waals surface area contributed by atoms with Crippen LogP contribution in [0.1, 0.15) is 134 Å². The van der Waals surface area contributed by atoms with Crippen molar-refractivity contribution in [3.63, 3.8) is 0 Å². The molecule has 1 heterocycles. The summed E-state index contributed by atoms with van der Waals surface area (Å²) in [5, 5.41) is 6.40. The van der Waals surface area contributed by atoms with Crippen LogP contribution in [0.3, 0.4) is 0 Å². The number of carbonyl (C=O) groups is 6. The van der Waals surface area contributed by atoms with Crippen molar-refractivity contribution in [1.29, 1.82) is 0 Å². The Balaban J connectivity index is 1.72. The molecule has 0 saturated carbocycles. The summed E-state index contributed by atoms with van der Waals surface area (Å²) in [5.74, 6) is -3.96. The van der Waals surface area contributed by atoms with Gasteiger partial charge in [-0.2, -0.15) is 0 Å². The summed E-state index contributed by atoms with van der Waals surface area (Å²) in [5.41, 5.74) is 8.29. The number of amides is 1. The van der Waals surface area contributed by atoms with Crippen molar-refractivity contribution in [3.8, 4) is 11.1 Å². The maximum atomic E-state index is 13.8. The number of rotatable bonds is 16. The zero-order valence-electron chi connectivity index (χ0n) is 42.8. The summed E-state index contributed by atoms with van der Waals surface area (Å²) in [7, 11) is 0. The normalized spacial score (nSPS) is 20.4. The fourth-order valence-corrected chi connectivity index (χ4v) is 7.08. The van der Waals surface area contributed by atoms with Crippen molar-refractivity contribution in [1.82, 2.24) is 5.32 Å². The van der Waals surface area contributed by atoms with Crippen LogP contribution in [0.25, 0.3) is 21.6 Å². The molecule has 4 rings (SSSR count). The van der Waals surface area contributed by atoms with E-state index < -0.39 is 113 Å². The first kappa shape index (κ1) is 55.9. The highest BCUT2D eigenvalue weighted by atomic mass is 16.7. The van der Waals surface area contributed by atoms with E-state index in [1.165, 1.54) is 0 Å². The van der Waals surface area contributed by atoms with Gasteiger partial charge in [0.15, 0.2) is 24.6 Å². The molecule has 2 aromatic carbocycles. The highest BCUT2D eigenvalue weighted by Gasteiger charge is 2.55. The van der Waals surface area contributed by atoms with Gasteiger partial charge in [0.25, 0.3) is 0 Å². The second kappa shape index (κ2) is 22.4. The van der Waals surface area contributed by atoms with Gasteiger partial charge in [0, 0.05) is 10.8 Å². The van der Waals surface area contributed by atoms with Crippen molar-refractivity contribution in [2.75, 3.05) is 19.8 Å². The number of carbonyl (C=O) groups excluding carboxylic acids is 6. The van der Waals surface area contributed by atoms with E-state index in [9.17, 15) is 34.3 Å². The molecule has 1 saturated heterocycles. The van der Waals surface area contributed by atoms with E-state index in [0.29, 0.717) is 0 Å². The summed E-state index contributed by atoms with van der Waals surface area (Å²) in [6.07, 6.45) is -10.2. The maximum absolute atomic E-state index is 13.8. The molecule has 69 heavy (non-hydrogen) atoms. The summed E-state index contributed by atoms with van der Waals surface area (Å²) in [6.45, 7) is 23.4. The third-order valence-electron chi connectivity index (χ3n) is 10.9. The number of hydrogen-bond donors (Lipinski definition) is 1. The Morgan fingerprint density at radius 3 is 1.59 bits per heavy atom. The molecule has 2 aromatic rings. The number of benzene rings is 2. The molecule has 1 N–H and O–H groups in total. The summed E-state index contributed by atoms with van der Waals surface area (Å²) in [6, 6.07) is 14.4. The molecule has 18 heteroatoms. The van der Waals surface area contributed by atoms with E-state index in [0.717, 1.165) is 22.3 Å². The number of nitrogens with one attached hydrogen (secondary N) is 1. The second-order valence-corrected chi connectivity index (χ2v) is 22.6. The van der Waals surface area contributed by atoms with Gasteiger partial charge in [0.05, 0.1) is 34.3 Å². The highest BCUT2D eigenvalue weighted by molar-refractivity contribution is 5.82. The van der Waals surface area contributed by atoms with Crippen LogP contribution in [0.2, 0.25) is 0 Å². The van der Waals surface area contributed by atoms with E-state index in [2.05, 4.69) is 15.3 Å². The van der Waals surface area contributed by atoms with Crippen LogP contribution >= 0.6 is 0 Å². The first-order valence-corrected chi connectivity index (χ1v) is 23.3. The fourth-order valence-electron chi connectivity index (χ4n) is 7.08. The van der Waals surface area contributed by atoms with Crippen LogP contribution in [0, 0.1) is 21.7 Å². The fraction of sp³-hybridized carbons (Fsp3) is 0.647. The molecule has 18 nitrogen and oxygen atoms in total. The van der Waals surface area contributed by atoms with Gasteiger partial charge in [-0.15, -0.1) is 0 Å². The Morgan fingerprint density at radius 2 is 1.12 bits per heavy atom. The van der Waals surface area contributed by atoms with Gasteiger partial charge in [0.1, 0.15) is 31.0 Å². The number of ether oxygens (including phenoxy) is 8. The molecule has 1 aliphatic carbocycles. The van der Waals surface area contributed by atoms with Crippen LogP contribution in [-0.2, 0) is 61.9 Å². The van der Waals surface area contributed by atoms with Gasteiger partial charge in [0.2, 0.25) is 0 Å². The Kier molecular flexibility index (Phi) is 18.1. The van der Waals surface area contributed by atoms with Gasteiger partial charge in [-0.05, 0) is 144 Å². The van der Waals surface area contributed by atoms with E-state index in [-0.39, 0.29) is 31.9 Å². The topological polar surface area (TPSA) is 237 Å². The molecule has 1 fully saturated rings. The molecule has 0 radical (unpaired) electrons. The van der Waals surface area contributed by atoms with Crippen LogP contribution in [0.5, 0.6) is 0 Å². The standard InChI is InChI=1S/C51H72N4O14/c1-47(2,3)42(57)62-28-36-37(66-43(58)48(4,5)6)38(67-44(59)49(7,8)9)39(68-45(60)50(10,11)12)41(65-36)64-29(26-53-55-52)24-25-35(40(56)69-51(13,14)15)54-46(61)63-27-34-32-22-18-16-20-30(32)31-21-17-19-23-33(31)34/h16-23,29,34-39,41H,24-28H2,1-15H3,(H,54,61)/t29-,35-,36+,37-,38-,39+,41+/m0/s1. The molecular weight excluding hydrogens is 893 g/mol. The van der Waals surface area contributed by atoms with Crippen molar-refractivity contribution in [2.24, 2.45) is 26.8 Å². The Hall–Kier alpha value is -5.71. The summed E-state index contributed by atoms with van der Waals surface area (Å²) in [4.78, 5) is 84.8. The molecule has 0 aromatic heterocycles. The molecule has 2 aliphatic rings. The third kappa shape index (κ3) is 15.6. The van der Waals surface area contributed by atoms with Crippen molar-refractivity contribution >= 4 is 35.9 Å². The molecule has 0 unspecified atom stereocenters. The van der Waals surface area contributed by atoms with E-state index in [4.69, 9.17) is 37.9 Å². The molecule has 1 amide bonds. The van der Waals surface area contributed by atoms with Crippen molar-refractivity contribution in [3.05, 3.63) is 70.1 Å². The molecule has 7 atom stereocenters. The minimum absolute atomic E-state index is 0.0313. The lowest BCUT2D eigenvalue weighted by atomic mass is 9.93. The summed E-state index contributed by atoms with van der Waals surface area (Å²) >= 11 is 0. The largest absolute Gasteiger partial charge is 0.462 e. The zero-order valence-corrected chi connectivity index (χ0v) is 42.8. The van der Waals surface area contributed by atoms with Gasteiger partial charge in [-0.1, -0.05) is 53.6 Å². The predicted molar refractivity (Wildman–Crippen MR) is 253 cm³/mol. The first-order valence-electron chi connectivity index (χ1n) is 23.3. The molecule has 1 aliphatic heterocycles. The number of azide groups is 1. The molecule has 0 bridgehead atoms. The number of esters is 5. The maximum Gasteiger partial charge on any atom is 0.407 e. The zero-order chi connectivity index (χ0) is 51.9. The highest BCUT2D eigenvalue weighted by Crippen LogP contribution is 2.44. The lowest BCUT2D eigenvalue weighted by Crippen LogP contribution is -2.64. The SMILES string of the molecule is CC(C)(C)OC(=O)[C@H](CC[C@@H](CN=[N+]=[N-])O[C@@H]1O[C@H](COC(=O)C(C)(C)C)[C@H](OC(=O)C(C)(C)C)[C@H](OC(=O)C(C)(C)C)[C@H]1OC(=O)C(C)(C)C)NC(=O)OCC1c2ccccc2-c2ccccc21. The van der Waals surface area contributed by atoms with Gasteiger partial charge >= 0.3 is 35.9 Å². The quantitative estimate of drug-likeness (QED) is 0.0544. The van der Waals surface area contributed by atoms with Crippen LogP contribution in [-0.4, -0.2) is 104 Å². The van der Waals surface area contributed by atoms with Gasteiger partial charge < -0.3 is 43.2 Å². The average Bonchev–Trinajstić information content (AvgIpc) is 3.55. The van der Waals surface area contributed by atoms with E-state index in [1.807, 2.05) is 48.5 Å². The van der Waals surface area contributed by atoms with Crippen molar-refractivity contribution in [2.45, 2.75) is 171 Å². The van der Waals surface area contributed by atoms with Crippen LogP contribution in [0.15, 0.2) is 53.6 Å². The number of fused-ring (bicyclic) bond motifs is 3. The molecule has 0 spiro atoms. The van der Waals surface area contributed by atoms with Crippen molar-refractivity contribution < 1.29 is 66.7 Å². The third-order valence-corrected chi connectivity index (χ3v) is 10.9. The lowest BCUT2D eigenvalue weighted by molar-refractivity contribution is -0.320. The first-order chi connectivity index (χ1) is 31.8. The number of alkyl carbamates (subject to hydrolysis) is 1. The Morgan fingerprint density at radius 1 is 0.638 bits per heavy atom. The molecule has 380 valence electrons. The average molecular weight is 965 g/mol. The molecular formula is C51H72N4O14. The van der Waals surface area contributed by atoms with E-state index in [1.54, 1.807) is 104 Å². The Labute approximate surface area is 405 Å². The lowest BCUT2D eigenvalue weighted by Gasteiger charge is -2.46. The summed E-state index contributed by atoms with van der Waals surface area (Å²) < 4.78 is 48.4. The van der Waals surface area contributed by atoms with Crippen LogP contribution in [0.4, 0.5) is 4.79 Å². The van der Waals surface area contributed by atoms with Gasteiger partial charge in [-0.3, -0.25) is 19.2 Å². The van der Waals surface area contributed by atoms with Gasteiger partial charge in [-0.25, -0.2) is 9.59 Å². The minimum Gasteiger partial charge on any atom is -0.462 e. The number of nitrogens with zero attached hydrogens (tertiary/aromatic N) is 3. The van der Waals surface area contributed by atoms with E-state index >= 15 is 0 Å². The monoisotopic (exact) mass is 965 g/mol. The Bertz CT molecular complexity index is 2180. The number of hydrogen-bond acceptors (Lipinski definition) is 15. The van der Waals surface area contributed by atoms with Crippen LogP contribution < -0.4 is 5.32 Å². The smallest absolute Gasteiger partial charge is 0.407 e. The predicted octanol–water partition coefficient (Wildman–Crippen LogP) is 8.90.